The van der Waals surface area contributed by atoms with Crippen LogP contribution in [-0.2, 0) is 4.79 Å². The summed E-state index contributed by atoms with van der Waals surface area (Å²) < 4.78 is 0. The molecule has 0 bridgehead atoms. The quantitative estimate of drug-likeness (QED) is 0.745. The number of carbonyl (C=O) groups excluding carboxylic acids is 1. The minimum Gasteiger partial charge on any atom is -0.352 e. The second-order valence-corrected chi connectivity index (χ2v) is 6.29. The van der Waals surface area contributed by atoms with E-state index in [4.69, 9.17) is 5.73 Å². The molecule has 4 nitrogen and oxygen atoms in total. The van der Waals surface area contributed by atoms with Crippen molar-refractivity contribution in [2.75, 3.05) is 13.1 Å². The van der Waals surface area contributed by atoms with E-state index in [9.17, 15) is 4.79 Å². The number of nitrogens with two attached hydrogens (primary N) is 1. The van der Waals surface area contributed by atoms with Gasteiger partial charge in [0.1, 0.15) is 0 Å². The van der Waals surface area contributed by atoms with Crippen LogP contribution in [0.4, 0.5) is 0 Å². The second-order valence-electron chi connectivity index (χ2n) is 6.29. The molecule has 1 aliphatic heterocycles. The molecule has 2 aliphatic rings. The average Bonchev–Trinajstić information content (AvgIpc) is 3.07. The number of nitrogens with one attached hydrogen (secondary N) is 1. The Morgan fingerprint density at radius 2 is 2.06 bits per heavy atom. The molecular weight excluding hydrogens is 226 g/mol. The van der Waals surface area contributed by atoms with E-state index in [1.807, 2.05) is 6.92 Å². The van der Waals surface area contributed by atoms with Crippen LogP contribution >= 0.6 is 0 Å². The summed E-state index contributed by atoms with van der Waals surface area (Å²) in [5, 5.41) is 3.08. The molecule has 0 aromatic heterocycles. The van der Waals surface area contributed by atoms with E-state index in [0.717, 1.165) is 25.9 Å². The first-order chi connectivity index (χ1) is 8.46. The van der Waals surface area contributed by atoms with Crippen molar-refractivity contribution >= 4 is 5.91 Å². The normalized spacial score (nSPS) is 26.2. The summed E-state index contributed by atoms with van der Waals surface area (Å²) in [5.41, 5.74) is 6.32. The highest BCUT2D eigenvalue weighted by Gasteiger charge is 2.51. The maximum Gasteiger partial charge on any atom is 0.237 e. The highest BCUT2D eigenvalue weighted by Crippen LogP contribution is 2.43. The number of rotatable bonds is 6. The van der Waals surface area contributed by atoms with Crippen molar-refractivity contribution in [1.29, 1.82) is 0 Å². The lowest BCUT2D eigenvalue weighted by molar-refractivity contribution is -0.130. The Bertz CT molecular complexity index is 308. The van der Waals surface area contributed by atoms with Crippen LogP contribution in [0.15, 0.2) is 0 Å². The highest BCUT2D eigenvalue weighted by molar-refractivity contribution is 5.81. The van der Waals surface area contributed by atoms with Crippen molar-refractivity contribution in [2.45, 2.75) is 64.1 Å². The molecule has 1 heterocycles. The van der Waals surface area contributed by atoms with Crippen LogP contribution in [0.25, 0.3) is 0 Å². The molecule has 18 heavy (non-hydrogen) atoms. The Labute approximate surface area is 110 Å². The molecule has 0 aromatic carbocycles. The van der Waals surface area contributed by atoms with Crippen molar-refractivity contribution in [3.05, 3.63) is 0 Å². The predicted molar refractivity (Wildman–Crippen MR) is 73.2 cm³/mol. The first kappa shape index (κ1) is 13.8. The van der Waals surface area contributed by atoms with E-state index < -0.39 is 0 Å². The minimum absolute atomic E-state index is 0.00355. The number of amides is 1. The van der Waals surface area contributed by atoms with Gasteiger partial charge < -0.3 is 11.1 Å². The smallest absolute Gasteiger partial charge is 0.237 e. The molecule has 2 unspecified atom stereocenters. The van der Waals surface area contributed by atoms with Crippen LogP contribution in [0.5, 0.6) is 0 Å². The van der Waals surface area contributed by atoms with Gasteiger partial charge in [-0.15, -0.1) is 0 Å². The molecule has 0 spiro atoms. The fourth-order valence-corrected chi connectivity index (χ4v) is 2.93. The Balaban J connectivity index is 1.75. The first-order valence-corrected chi connectivity index (χ1v) is 7.29. The molecule has 2 atom stereocenters. The lowest BCUT2D eigenvalue weighted by Gasteiger charge is -2.50. The van der Waals surface area contributed by atoms with Crippen LogP contribution in [0, 0.1) is 5.92 Å². The van der Waals surface area contributed by atoms with Gasteiger partial charge >= 0.3 is 0 Å². The highest BCUT2D eigenvalue weighted by atomic mass is 16.2. The maximum atomic E-state index is 12.1. The van der Waals surface area contributed by atoms with Gasteiger partial charge in [-0.1, -0.05) is 13.3 Å². The fraction of sp³-hybridized carbons (Fsp3) is 0.929. The standard InChI is InChI=1S/C14H27N3O/c1-4-5-10(2)16-13(18)11(3)17-8-14(15,9-17)12-6-7-12/h10-12H,4-9,15H2,1-3H3,(H,16,18). The Hall–Kier alpha value is -0.610. The molecule has 0 aromatic rings. The molecule has 1 saturated heterocycles. The third-order valence-electron chi connectivity index (χ3n) is 4.42. The van der Waals surface area contributed by atoms with E-state index >= 15 is 0 Å². The second kappa shape index (κ2) is 5.17. The SMILES string of the molecule is CCCC(C)NC(=O)C(C)N1CC(N)(C2CC2)C1. The molecule has 4 heteroatoms. The van der Waals surface area contributed by atoms with Crippen molar-refractivity contribution in [3.63, 3.8) is 0 Å². The van der Waals surface area contributed by atoms with Crippen LogP contribution in [0.1, 0.15) is 46.5 Å². The zero-order chi connectivity index (χ0) is 13.3. The number of hydrogen-bond donors (Lipinski definition) is 2. The summed E-state index contributed by atoms with van der Waals surface area (Å²) in [6.45, 7) is 7.96. The maximum absolute atomic E-state index is 12.1. The van der Waals surface area contributed by atoms with Gasteiger partial charge in [-0.3, -0.25) is 9.69 Å². The van der Waals surface area contributed by atoms with E-state index in [0.29, 0.717) is 5.92 Å². The van der Waals surface area contributed by atoms with Gasteiger partial charge in [0.05, 0.1) is 6.04 Å². The largest absolute Gasteiger partial charge is 0.352 e. The minimum atomic E-state index is -0.0419. The summed E-state index contributed by atoms with van der Waals surface area (Å²) >= 11 is 0. The van der Waals surface area contributed by atoms with Crippen molar-refractivity contribution in [1.82, 2.24) is 10.2 Å². The fourth-order valence-electron chi connectivity index (χ4n) is 2.93. The predicted octanol–water partition coefficient (Wildman–Crippen LogP) is 1.10. The zero-order valence-electron chi connectivity index (χ0n) is 11.9. The Morgan fingerprint density at radius 1 is 1.44 bits per heavy atom. The van der Waals surface area contributed by atoms with Crippen LogP contribution in [0.2, 0.25) is 0 Å². The van der Waals surface area contributed by atoms with Gasteiger partial charge in [-0.25, -0.2) is 0 Å². The van der Waals surface area contributed by atoms with Gasteiger partial charge in [-0.05, 0) is 39.0 Å². The third kappa shape index (κ3) is 2.86. The van der Waals surface area contributed by atoms with Crippen LogP contribution in [0.3, 0.4) is 0 Å². The van der Waals surface area contributed by atoms with E-state index in [1.54, 1.807) is 0 Å². The zero-order valence-corrected chi connectivity index (χ0v) is 11.9. The molecule has 1 aliphatic carbocycles. The summed E-state index contributed by atoms with van der Waals surface area (Å²) in [6.07, 6.45) is 4.70. The van der Waals surface area contributed by atoms with E-state index in [2.05, 4.69) is 24.1 Å². The van der Waals surface area contributed by atoms with Crippen LogP contribution < -0.4 is 11.1 Å². The molecule has 1 amide bonds. The summed E-state index contributed by atoms with van der Waals surface area (Å²) in [5.74, 6) is 0.858. The van der Waals surface area contributed by atoms with Gasteiger partial charge in [0.2, 0.25) is 5.91 Å². The Morgan fingerprint density at radius 3 is 2.56 bits per heavy atom. The average molecular weight is 253 g/mol. The van der Waals surface area contributed by atoms with Crippen molar-refractivity contribution < 1.29 is 4.79 Å². The summed E-state index contributed by atoms with van der Waals surface area (Å²) in [4.78, 5) is 14.3. The molecule has 104 valence electrons. The van der Waals surface area contributed by atoms with Crippen LogP contribution in [-0.4, -0.2) is 41.5 Å². The molecular formula is C14H27N3O. The first-order valence-electron chi connectivity index (χ1n) is 7.29. The molecule has 2 fully saturated rings. The number of likely N-dealkylation sites (tertiary alicyclic amines) is 1. The van der Waals surface area contributed by atoms with Gasteiger partial charge in [-0.2, -0.15) is 0 Å². The van der Waals surface area contributed by atoms with Gasteiger partial charge in [0.15, 0.2) is 0 Å². The third-order valence-corrected chi connectivity index (χ3v) is 4.42. The van der Waals surface area contributed by atoms with E-state index in [1.165, 1.54) is 12.8 Å². The topological polar surface area (TPSA) is 58.4 Å². The Kier molecular flexibility index (Phi) is 3.97. The van der Waals surface area contributed by atoms with Crippen molar-refractivity contribution in [2.24, 2.45) is 11.7 Å². The lowest BCUT2D eigenvalue weighted by Crippen LogP contribution is -2.72. The number of carbonyl (C=O) groups is 1. The molecule has 3 N–H and O–H groups in total. The van der Waals surface area contributed by atoms with Crippen molar-refractivity contribution in [3.8, 4) is 0 Å². The summed E-state index contributed by atoms with van der Waals surface area (Å²) in [7, 11) is 0. The molecule has 2 rings (SSSR count). The monoisotopic (exact) mass is 253 g/mol. The number of nitrogens with zero attached hydrogens (tertiary/aromatic N) is 1. The molecule has 0 radical (unpaired) electrons. The lowest BCUT2D eigenvalue weighted by atomic mass is 9.84. The van der Waals surface area contributed by atoms with Gasteiger partial charge in [0, 0.05) is 24.7 Å². The van der Waals surface area contributed by atoms with Gasteiger partial charge in [0.25, 0.3) is 0 Å². The molecule has 1 saturated carbocycles. The number of hydrogen-bond acceptors (Lipinski definition) is 3. The van der Waals surface area contributed by atoms with E-state index in [-0.39, 0.29) is 23.5 Å². The summed E-state index contributed by atoms with van der Waals surface area (Å²) in [6, 6.07) is 0.233.